The van der Waals surface area contributed by atoms with Crippen molar-refractivity contribution in [3.8, 4) is 11.5 Å². The highest BCUT2D eigenvalue weighted by atomic mass is 28.2. The fourth-order valence-corrected chi connectivity index (χ4v) is 3.50. The molecule has 21 heavy (non-hydrogen) atoms. The molecule has 0 aliphatic rings. The second-order valence-electron chi connectivity index (χ2n) is 6.30. The number of rotatable bonds is 6. The minimum Gasteiger partial charge on any atom is -0.553 e. The van der Waals surface area contributed by atoms with Crippen molar-refractivity contribution in [3.05, 3.63) is 22.3 Å². The lowest BCUT2D eigenvalue weighted by Gasteiger charge is -2.28. The van der Waals surface area contributed by atoms with E-state index in [0.717, 1.165) is 28.7 Å². The lowest BCUT2D eigenvalue weighted by Crippen LogP contribution is -2.12. The van der Waals surface area contributed by atoms with E-state index in [1.807, 2.05) is 0 Å². The van der Waals surface area contributed by atoms with Gasteiger partial charge in [-0.1, -0.05) is 41.5 Å². The van der Waals surface area contributed by atoms with E-state index >= 15 is 0 Å². The number of carbonyl (C=O) groups excluding carboxylic acids is 1. The predicted molar refractivity (Wildman–Crippen MR) is 91.2 cm³/mol. The van der Waals surface area contributed by atoms with E-state index in [1.165, 1.54) is 0 Å². The van der Waals surface area contributed by atoms with E-state index in [2.05, 4.69) is 41.5 Å². The highest BCUT2D eigenvalue weighted by Gasteiger charge is 2.28. The molecule has 0 bridgehead atoms. The Bertz CT molecular complexity index is 520. The summed E-state index contributed by atoms with van der Waals surface area (Å²) in [6, 6.07) is 0. The Morgan fingerprint density at radius 1 is 0.857 bits per heavy atom. The summed E-state index contributed by atoms with van der Waals surface area (Å²) < 4.78 is 11.5. The van der Waals surface area contributed by atoms with E-state index in [-0.39, 0.29) is 11.8 Å². The summed E-state index contributed by atoms with van der Waals surface area (Å²) in [7, 11) is 2.24. The number of carbonyl (C=O) groups is 1. The zero-order chi connectivity index (χ0) is 16.3. The van der Waals surface area contributed by atoms with Crippen molar-refractivity contribution in [2.75, 3.05) is 7.11 Å². The van der Waals surface area contributed by atoms with E-state index in [4.69, 9.17) is 9.16 Å². The summed E-state index contributed by atoms with van der Waals surface area (Å²) >= 11 is 0. The molecule has 0 aromatic heterocycles. The van der Waals surface area contributed by atoms with Crippen molar-refractivity contribution >= 4 is 16.8 Å². The Labute approximate surface area is 131 Å². The van der Waals surface area contributed by atoms with Crippen LogP contribution in [0, 0.1) is 0 Å². The van der Waals surface area contributed by atoms with Crippen LogP contribution in [0.15, 0.2) is 0 Å². The Hall–Kier alpha value is -1.29. The Balaban J connectivity index is 4.01. The molecule has 0 fully saturated rings. The molecule has 0 radical (unpaired) electrons. The number of methoxy groups -OCH3 is 1. The van der Waals surface area contributed by atoms with Crippen molar-refractivity contribution < 1.29 is 14.0 Å². The largest absolute Gasteiger partial charge is 0.553 e. The van der Waals surface area contributed by atoms with Crippen molar-refractivity contribution in [1.82, 2.24) is 0 Å². The van der Waals surface area contributed by atoms with Gasteiger partial charge in [0.05, 0.1) is 12.7 Å². The first-order chi connectivity index (χ1) is 9.81. The molecule has 0 N–H and O–H groups in total. The van der Waals surface area contributed by atoms with Crippen LogP contribution in [-0.2, 0) is 0 Å². The van der Waals surface area contributed by atoms with Gasteiger partial charge in [0.15, 0.2) is 6.29 Å². The van der Waals surface area contributed by atoms with Gasteiger partial charge < -0.3 is 9.16 Å². The fourth-order valence-electron chi connectivity index (χ4n) is 3.06. The van der Waals surface area contributed by atoms with Gasteiger partial charge in [0.2, 0.25) is 10.5 Å². The minimum absolute atomic E-state index is 0.237. The van der Waals surface area contributed by atoms with E-state index in [1.54, 1.807) is 7.11 Å². The molecule has 0 spiro atoms. The minimum atomic E-state index is 0.237. The fraction of sp³-hybridized carbons (Fsp3) is 0.588. The zero-order valence-corrected chi connectivity index (χ0v) is 16.5. The normalized spacial score (nSPS) is 11.5. The molecule has 0 saturated carbocycles. The van der Waals surface area contributed by atoms with Crippen LogP contribution in [0.3, 0.4) is 0 Å². The van der Waals surface area contributed by atoms with Crippen molar-refractivity contribution in [2.45, 2.75) is 59.3 Å². The molecule has 0 saturated heterocycles. The molecular formula is C17H28O3Si. The lowest BCUT2D eigenvalue weighted by atomic mass is 9.82. The molecule has 4 heteroatoms. The first-order valence-electron chi connectivity index (χ1n) is 7.58. The number of hydrogen-bond acceptors (Lipinski definition) is 3. The Morgan fingerprint density at radius 3 is 1.62 bits per heavy atom. The monoisotopic (exact) mass is 308 g/mol. The van der Waals surface area contributed by atoms with Crippen molar-refractivity contribution in [1.29, 1.82) is 0 Å². The quantitative estimate of drug-likeness (QED) is 0.595. The molecule has 0 aliphatic carbocycles. The van der Waals surface area contributed by atoms with Gasteiger partial charge in [-0.3, -0.25) is 4.79 Å². The first kappa shape index (κ1) is 17.8. The summed E-state index contributed by atoms with van der Waals surface area (Å²) in [4.78, 5) is 11.7. The average Bonchev–Trinajstić information content (AvgIpc) is 2.42. The van der Waals surface area contributed by atoms with Crippen LogP contribution in [-0.4, -0.2) is 23.9 Å². The Morgan fingerprint density at radius 2 is 1.33 bits per heavy atom. The summed E-state index contributed by atoms with van der Waals surface area (Å²) in [5.41, 5.74) is 3.92. The van der Waals surface area contributed by atoms with Gasteiger partial charge in [0.25, 0.3) is 0 Å². The maximum absolute atomic E-state index is 11.7. The summed E-state index contributed by atoms with van der Waals surface area (Å²) in [6.45, 7) is 12.7. The zero-order valence-electron chi connectivity index (χ0n) is 14.5. The first-order valence-corrected chi connectivity index (χ1v) is 8.40. The third-order valence-corrected chi connectivity index (χ3v) is 4.23. The molecule has 0 amide bonds. The third-order valence-electron chi connectivity index (χ3n) is 3.82. The van der Waals surface area contributed by atoms with Gasteiger partial charge in [0, 0.05) is 5.56 Å². The Kier molecular flexibility index (Phi) is 6.02. The van der Waals surface area contributed by atoms with Crippen LogP contribution in [0.25, 0.3) is 0 Å². The van der Waals surface area contributed by atoms with Crippen molar-refractivity contribution in [2.24, 2.45) is 0 Å². The van der Waals surface area contributed by atoms with Gasteiger partial charge in [-0.15, -0.1) is 0 Å². The second-order valence-corrected chi connectivity index (χ2v) is 6.71. The molecule has 1 rings (SSSR count). The highest BCUT2D eigenvalue weighted by molar-refractivity contribution is 6.00. The van der Waals surface area contributed by atoms with Crippen LogP contribution < -0.4 is 9.16 Å². The molecule has 3 nitrogen and oxygen atoms in total. The summed E-state index contributed by atoms with van der Waals surface area (Å²) in [5.74, 6) is 2.39. The average molecular weight is 308 g/mol. The second kappa shape index (κ2) is 7.12. The number of benzene rings is 1. The predicted octanol–water partition coefficient (Wildman–Crippen LogP) is 3.54. The SMILES string of the molecule is COc1c(C=O)c(C(C)C)c(C(C)C)c(O[SiH3])c1C(C)C. The molecule has 0 aliphatic heterocycles. The number of hydrogen-bond donors (Lipinski definition) is 0. The van der Waals surface area contributed by atoms with Crippen LogP contribution in [0.4, 0.5) is 0 Å². The standard InChI is InChI=1S/C17H28O3Si/c1-9(2)13-12(8-18)16(19-7)15(11(5)6)17(20-21)14(13)10(3)4/h8-11H,1-7,21H3. The smallest absolute Gasteiger partial charge is 0.204 e. The van der Waals surface area contributed by atoms with Gasteiger partial charge in [-0.05, 0) is 28.9 Å². The van der Waals surface area contributed by atoms with Crippen LogP contribution in [0.1, 0.15) is 86.3 Å². The maximum atomic E-state index is 11.7. The van der Waals surface area contributed by atoms with Crippen molar-refractivity contribution in [3.63, 3.8) is 0 Å². The molecule has 0 heterocycles. The van der Waals surface area contributed by atoms with E-state index in [0.29, 0.717) is 27.7 Å². The van der Waals surface area contributed by atoms with E-state index < -0.39 is 0 Å². The van der Waals surface area contributed by atoms with Crippen LogP contribution >= 0.6 is 0 Å². The van der Waals surface area contributed by atoms with Gasteiger partial charge in [-0.2, -0.15) is 0 Å². The lowest BCUT2D eigenvalue weighted by molar-refractivity contribution is 0.111. The number of ether oxygens (including phenoxy) is 1. The maximum Gasteiger partial charge on any atom is 0.204 e. The van der Waals surface area contributed by atoms with Gasteiger partial charge >= 0.3 is 0 Å². The van der Waals surface area contributed by atoms with E-state index in [9.17, 15) is 4.79 Å². The highest BCUT2D eigenvalue weighted by Crippen LogP contribution is 2.47. The molecule has 118 valence electrons. The summed E-state index contributed by atoms with van der Waals surface area (Å²) in [6.07, 6.45) is 0.933. The van der Waals surface area contributed by atoms with Crippen LogP contribution in [0.5, 0.6) is 11.5 Å². The molecule has 0 atom stereocenters. The summed E-state index contributed by atoms with van der Waals surface area (Å²) in [5, 5.41) is 0. The van der Waals surface area contributed by atoms with Crippen LogP contribution in [0.2, 0.25) is 0 Å². The molecule has 0 unspecified atom stereocenters. The topological polar surface area (TPSA) is 35.5 Å². The molecular weight excluding hydrogens is 280 g/mol. The van der Waals surface area contributed by atoms with Gasteiger partial charge in [0.1, 0.15) is 11.5 Å². The molecule has 1 aromatic rings. The number of aldehydes is 1. The molecule has 1 aromatic carbocycles. The third kappa shape index (κ3) is 3.15. The van der Waals surface area contributed by atoms with Gasteiger partial charge in [-0.25, -0.2) is 0 Å².